The molecule has 0 spiro atoms. The Morgan fingerprint density at radius 1 is 1.44 bits per heavy atom. The normalized spacial score (nSPS) is 10.8. The topological polar surface area (TPSA) is 40.5 Å². The van der Waals surface area contributed by atoms with Gasteiger partial charge in [0, 0.05) is 13.0 Å². The quantitative estimate of drug-likeness (QED) is 0.780. The smallest absolute Gasteiger partial charge is 0.151 e. The molecule has 4 heteroatoms. The summed E-state index contributed by atoms with van der Waals surface area (Å²) in [7, 11) is 1.75. The molecule has 0 aliphatic carbocycles. The molecule has 1 aromatic rings. The van der Waals surface area contributed by atoms with Gasteiger partial charge in [0.1, 0.15) is 5.82 Å². The van der Waals surface area contributed by atoms with Crippen LogP contribution in [-0.4, -0.2) is 42.5 Å². The molecule has 0 bridgehead atoms. The first kappa shape index (κ1) is 12.8. The van der Waals surface area contributed by atoms with E-state index in [0.29, 0.717) is 12.1 Å². The predicted molar refractivity (Wildman–Crippen MR) is 59.7 cm³/mol. The maximum Gasteiger partial charge on any atom is 0.151 e. The fourth-order valence-corrected chi connectivity index (χ4v) is 1.46. The van der Waals surface area contributed by atoms with E-state index in [2.05, 4.69) is 0 Å². The zero-order chi connectivity index (χ0) is 12.0. The average Bonchev–Trinajstić information content (AvgIpc) is 2.21. The van der Waals surface area contributed by atoms with Crippen LogP contribution in [0.2, 0.25) is 0 Å². The van der Waals surface area contributed by atoms with Crippen molar-refractivity contribution >= 4 is 5.78 Å². The van der Waals surface area contributed by atoms with Crippen molar-refractivity contribution in [2.75, 3.05) is 26.7 Å². The second-order valence-electron chi connectivity index (χ2n) is 3.77. The maximum atomic E-state index is 13.2. The second-order valence-corrected chi connectivity index (χ2v) is 3.77. The predicted octanol–water partition coefficient (Wildman–Crippen LogP) is 0.861. The first-order valence-corrected chi connectivity index (χ1v) is 5.18. The summed E-state index contributed by atoms with van der Waals surface area (Å²) in [6.45, 7) is 0.696. The molecule has 0 heterocycles. The van der Waals surface area contributed by atoms with Crippen LogP contribution in [0.15, 0.2) is 24.3 Å². The number of halogens is 1. The third-order valence-corrected chi connectivity index (χ3v) is 2.27. The number of rotatable bonds is 6. The number of ketones is 1. The number of carbonyl (C=O) groups excluding carboxylic acids is 1. The standard InChI is InChI=1S/C12H16FNO2/c1-14(6-7-15)9-11(16)8-10-4-2-3-5-12(10)13/h2-5,15H,6-9H2,1H3. The van der Waals surface area contributed by atoms with Gasteiger partial charge in [-0.3, -0.25) is 9.69 Å². The lowest BCUT2D eigenvalue weighted by Gasteiger charge is -2.13. The maximum absolute atomic E-state index is 13.2. The Hall–Kier alpha value is -1.26. The van der Waals surface area contributed by atoms with Crippen molar-refractivity contribution < 1.29 is 14.3 Å². The first-order valence-electron chi connectivity index (χ1n) is 5.18. The van der Waals surface area contributed by atoms with E-state index in [0.717, 1.165) is 0 Å². The third-order valence-electron chi connectivity index (χ3n) is 2.27. The molecule has 1 N–H and O–H groups in total. The molecule has 0 aromatic heterocycles. The highest BCUT2D eigenvalue weighted by atomic mass is 19.1. The molecule has 3 nitrogen and oxygen atoms in total. The van der Waals surface area contributed by atoms with Crippen molar-refractivity contribution in [1.29, 1.82) is 0 Å². The van der Waals surface area contributed by atoms with Crippen molar-refractivity contribution in [3.8, 4) is 0 Å². The molecule has 88 valence electrons. The lowest BCUT2D eigenvalue weighted by Crippen LogP contribution is -2.29. The molecule has 0 atom stereocenters. The molecule has 0 fully saturated rings. The summed E-state index contributed by atoms with van der Waals surface area (Å²) in [4.78, 5) is 13.3. The molecule has 16 heavy (non-hydrogen) atoms. The molecule has 1 aromatic carbocycles. The Labute approximate surface area is 94.5 Å². The number of Topliss-reactive ketones (excluding diaryl/α,β-unsaturated/α-hetero) is 1. The Balaban J connectivity index is 2.49. The number of hydrogen-bond donors (Lipinski definition) is 1. The van der Waals surface area contributed by atoms with Crippen LogP contribution < -0.4 is 0 Å². The van der Waals surface area contributed by atoms with Gasteiger partial charge in [0.25, 0.3) is 0 Å². The van der Waals surface area contributed by atoms with Crippen molar-refractivity contribution in [2.24, 2.45) is 0 Å². The van der Waals surface area contributed by atoms with Gasteiger partial charge in [-0.05, 0) is 18.7 Å². The number of aliphatic hydroxyl groups is 1. The number of nitrogens with zero attached hydrogens (tertiary/aromatic N) is 1. The zero-order valence-corrected chi connectivity index (χ0v) is 9.32. The molecule has 0 aliphatic heterocycles. The monoisotopic (exact) mass is 225 g/mol. The molecule has 0 saturated heterocycles. The Morgan fingerprint density at radius 2 is 2.12 bits per heavy atom. The minimum Gasteiger partial charge on any atom is -0.395 e. The second kappa shape index (κ2) is 6.35. The van der Waals surface area contributed by atoms with Gasteiger partial charge < -0.3 is 5.11 Å². The van der Waals surface area contributed by atoms with Crippen LogP contribution in [0.25, 0.3) is 0 Å². The van der Waals surface area contributed by atoms with Crippen LogP contribution in [-0.2, 0) is 11.2 Å². The van der Waals surface area contributed by atoms with Gasteiger partial charge in [0.05, 0.1) is 13.2 Å². The highest BCUT2D eigenvalue weighted by Gasteiger charge is 2.09. The minimum atomic E-state index is -0.347. The summed E-state index contributed by atoms with van der Waals surface area (Å²) in [5.74, 6) is -0.401. The largest absolute Gasteiger partial charge is 0.395 e. The molecule has 0 aliphatic rings. The highest BCUT2D eigenvalue weighted by Crippen LogP contribution is 2.07. The van der Waals surface area contributed by atoms with E-state index in [9.17, 15) is 9.18 Å². The Morgan fingerprint density at radius 3 is 2.75 bits per heavy atom. The minimum absolute atomic E-state index is 0.0173. The molecular formula is C12H16FNO2. The van der Waals surface area contributed by atoms with Crippen molar-refractivity contribution in [2.45, 2.75) is 6.42 Å². The van der Waals surface area contributed by atoms with E-state index in [1.807, 2.05) is 0 Å². The van der Waals surface area contributed by atoms with Crippen molar-refractivity contribution in [3.05, 3.63) is 35.6 Å². The molecule has 1 rings (SSSR count). The van der Waals surface area contributed by atoms with E-state index in [1.54, 1.807) is 30.1 Å². The summed E-state index contributed by atoms with van der Waals surface area (Å²) in [5.41, 5.74) is 0.421. The summed E-state index contributed by atoms with van der Waals surface area (Å²) in [6, 6.07) is 6.27. The van der Waals surface area contributed by atoms with Gasteiger partial charge in [0.15, 0.2) is 5.78 Å². The Kier molecular flexibility index (Phi) is 5.08. The van der Waals surface area contributed by atoms with Crippen molar-refractivity contribution in [3.63, 3.8) is 0 Å². The van der Waals surface area contributed by atoms with Gasteiger partial charge in [0.2, 0.25) is 0 Å². The van der Waals surface area contributed by atoms with E-state index < -0.39 is 0 Å². The summed E-state index contributed by atoms with van der Waals surface area (Å²) >= 11 is 0. The molecule has 0 unspecified atom stereocenters. The molecule has 0 saturated carbocycles. The zero-order valence-electron chi connectivity index (χ0n) is 9.32. The summed E-state index contributed by atoms with van der Waals surface area (Å²) < 4.78 is 13.2. The van der Waals surface area contributed by atoms with Gasteiger partial charge in [-0.25, -0.2) is 4.39 Å². The number of hydrogen-bond acceptors (Lipinski definition) is 3. The fourth-order valence-electron chi connectivity index (χ4n) is 1.46. The van der Waals surface area contributed by atoms with Crippen LogP contribution in [0.1, 0.15) is 5.56 Å². The molecule has 0 radical (unpaired) electrons. The van der Waals surface area contributed by atoms with E-state index in [4.69, 9.17) is 5.11 Å². The lowest BCUT2D eigenvalue weighted by atomic mass is 10.1. The third kappa shape index (κ3) is 4.08. The van der Waals surface area contributed by atoms with Gasteiger partial charge in [-0.15, -0.1) is 0 Å². The number of aliphatic hydroxyl groups excluding tert-OH is 1. The van der Waals surface area contributed by atoms with Crippen LogP contribution in [0.5, 0.6) is 0 Å². The van der Waals surface area contributed by atoms with E-state index in [-0.39, 0.29) is 31.2 Å². The van der Waals surface area contributed by atoms with Crippen LogP contribution >= 0.6 is 0 Å². The van der Waals surface area contributed by atoms with Crippen molar-refractivity contribution in [1.82, 2.24) is 4.90 Å². The van der Waals surface area contributed by atoms with Crippen LogP contribution in [0.3, 0.4) is 0 Å². The summed E-state index contributed by atoms with van der Waals surface area (Å²) in [6.07, 6.45) is 0.0996. The van der Waals surface area contributed by atoms with Crippen LogP contribution in [0, 0.1) is 5.82 Å². The summed E-state index contributed by atoms with van der Waals surface area (Å²) in [5, 5.41) is 8.67. The number of benzene rings is 1. The highest BCUT2D eigenvalue weighted by molar-refractivity contribution is 5.82. The molecular weight excluding hydrogens is 209 g/mol. The van der Waals surface area contributed by atoms with Gasteiger partial charge in [-0.1, -0.05) is 18.2 Å². The number of likely N-dealkylation sites (N-methyl/N-ethyl adjacent to an activating group) is 1. The SMILES string of the molecule is CN(CCO)CC(=O)Cc1ccccc1F. The Bertz CT molecular complexity index is 355. The van der Waals surface area contributed by atoms with Crippen LogP contribution in [0.4, 0.5) is 4.39 Å². The number of carbonyl (C=O) groups is 1. The van der Waals surface area contributed by atoms with E-state index >= 15 is 0 Å². The average molecular weight is 225 g/mol. The first-order chi connectivity index (χ1) is 7.63. The fraction of sp³-hybridized carbons (Fsp3) is 0.417. The van der Waals surface area contributed by atoms with E-state index in [1.165, 1.54) is 6.07 Å². The van der Waals surface area contributed by atoms with Gasteiger partial charge >= 0.3 is 0 Å². The van der Waals surface area contributed by atoms with Gasteiger partial charge in [-0.2, -0.15) is 0 Å². The lowest BCUT2D eigenvalue weighted by molar-refractivity contribution is -0.119. The molecule has 0 amide bonds.